The highest BCUT2D eigenvalue weighted by Gasteiger charge is 2.28. The summed E-state index contributed by atoms with van der Waals surface area (Å²) in [5.41, 5.74) is 0. The van der Waals surface area contributed by atoms with E-state index in [2.05, 4.69) is 24.1 Å². The van der Waals surface area contributed by atoms with Gasteiger partial charge in [0.05, 0.1) is 12.7 Å². The number of nitrogens with zero attached hydrogens (tertiary/aromatic N) is 1. The van der Waals surface area contributed by atoms with E-state index in [9.17, 15) is 0 Å². The molecule has 0 spiro atoms. The minimum Gasteiger partial charge on any atom is -0.381 e. The zero-order valence-corrected chi connectivity index (χ0v) is 12.6. The van der Waals surface area contributed by atoms with Gasteiger partial charge in [0.2, 0.25) is 0 Å². The molecule has 2 saturated heterocycles. The Morgan fingerprint density at radius 3 is 2.63 bits per heavy atom. The van der Waals surface area contributed by atoms with Crippen LogP contribution in [0.5, 0.6) is 0 Å². The fourth-order valence-electron chi connectivity index (χ4n) is 3.28. The van der Waals surface area contributed by atoms with E-state index in [-0.39, 0.29) is 0 Å². The lowest BCUT2D eigenvalue weighted by Gasteiger charge is -2.35. The van der Waals surface area contributed by atoms with E-state index in [1.807, 2.05) is 0 Å². The molecule has 2 heterocycles. The lowest BCUT2D eigenvalue weighted by Crippen LogP contribution is -2.48. The van der Waals surface area contributed by atoms with E-state index >= 15 is 0 Å². The van der Waals surface area contributed by atoms with E-state index in [1.54, 1.807) is 0 Å². The minimum atomic E-state index is 0.494. The highest BCUT2D eigenvalue weighted by Crippen LogP contribution is 2.20. The summed E-state index contributed by atoms with van der Waals surface area (Å²) < 4.78 is 11.3. The molecule has 0 amide bonds. The molecule has 0 aromatic rings. The number of piperidine rings is 1. The zero-order chi connectivity index (χ0) is 13.5. The number of nitrogens with one attached hydrogen (secondary N) is 1. The Labute approximate surface area is 117 Å². The molecule has 0 aromatic heterocycles. The summed E-state index contributed by atoms with van der Waals surface area (Å²) >= 11 is 0. The van der Waals surface area contributed by atoms with Crippen molar-refractivity contribution in [2.24, 2.45) is 5.92 Å². The van der Waals surface area contributed by atoms with Crippen LogP contribution in [0.25, 0.3) is 0 Å². The van der Waals surface area contributed by atoms with Crippen LogP contribution in [0.4, 0.5) is 0 Å². The summed E-state index contributed by atoms with van der Waals surface area (Å²) in [6, 6.07) is 0.594. The van der Waals surface area contributed by atoms with Crippen LogP contribution in [-0.2, 0) is 9.47 Å². The maximum Gasteiger partial charge on any atom is 0.0599 e. The first kappa shape index (κ1) is 15.2. The van der Waals surface area contributed by atoms with Crippen molar-refractivity contribution < 1.29 is 9.47 Å². The van der Waals surface area contributed by atoms with Gasteiger partial charge >= 0.3 is 0 Å². The minimum absolute atomic E-state index is 0.494. The molecule has 112 valence electrons. The number of likely N-dealkylation sites (N-methyl/N-ethyl adjacent to an activating group) is 1. The summed E-state index contributed by atoms with van der Waals surface area (Å²) in [7, 11) is 0. The summed E-state index contributed by atoms with van der Waals surface area (Å²) in [4.78, 5) is 2.60. The Balaban J connectivity index is 1.75. The van der Waals surface area contributed by atoms with Gasteiger partial charge in [-0.05, 0) is 32.7 Å². The monoisotopic (exact) mass is 270 g/mol. The van der Waals surface area contributed by atoms with Crippen molar-refractivity contribution >= 4 is 0 Å². The summed E-state index contributed by atoms with van der Waals surface area (Å²) in [6.07, 6.45) is 4.09. The van der Waals surface area contributed by atoms with E-state index in [4.69, 9.17) is 9.47 Å². The lowest BCUT2D eigenvalue weighted by molar-refractivity contribution is 0.0107. The van der Waals surface area contributed by atoms with E-state index in [0.29, 0.717) is 18.1 Å². The summed E-state index contributed by atoms with van der Waals surface area (Å²) in [5.74, 6) is 0.699. The predicted octanol–water partition coefficient (Wildman–Crippen LogP) is 1.50. The van der Waals surface area contributed by atoms with Gasteiger partial charge in [-0.1, -0.05) is 6.92 Å². The van der Waals surface area contributed by atoms with Crippen molar-refractivity contribution in [2.75, 3.05) is 46.0 Å². The van der Waals surface area contributed by atoms with Crippen LogP contribution >= 0.6 is 0 Å². The summed E-state index contributed by atoms with van der Waals surface area (Å²) in [6.45, 7) is 11.6. The maximum absolute atomic E-state index is 5.72. The van der Waals surface area contributed by atoms with Gasteiger partial charge in [-0.25, -0.2) is 0 Å². The number of hydrogen-bond acceptors (Lipinski definition) is 4. The van der Waals surface area contributed by atoms with Crippen LogP contribution in [0.3, 0.4) is 0 Å². The Morgan fingerprint density at radius 2 is 2.05 bits per heavy atom. The molecule has 4 heteroatoms. The standard InChI is InChI=1S/C15H30N2O2/c1-3-16-15(13-7-10-18-12-13)11-17-8-5-14(6-9-17)19-4-2/h13-16H,3-12H2,1-2H3. The molecule has 2 fully saturated rings. The number of rotatable bonds is 7. The first-order valence-electron chi connectivity index (χ1n) is 7.98. The molecule has 0 bridgehead atoms. The van der Waals surface area contributed by atoms with Gasteiger partial charge in [-0.15, -0.1) is 0 Å². The van der Waals surface area contributed by atoms with Crippen LogP contribution < -0.4 is 5.32 Å². The fraction of sp³-hybridized carbons (Fsp3) is 1.00. The second-order valence-electron chi connectivity index (χ2n) is 5.74. The first-order valence-corrected chi connectivity index (χ1v) is 7.98. The van der Waals surface area contributed by atoms with Crippen LogP contribution in [0.1, 0.15) is 33.1 Å². The van der Waals surface area contributed by atoms with Gasteiger partial charge < -0.3 is 19.7 Å². The number of ether oxygens (including phenoxy) is 2. The fourth-order valence-corrected chi connectivity index (χ4v) is 3.28. The second-order valence-corrected chi connectivity index (χ2v) is 5.74. The SMILES string of the molecule is CCNC(CN1CCC(OCC)CC1)C1CCOC1. The molecule has 2 unspecified atom stereocenters. The van der Waals surface area contributed by atoms with Gasteiger partial charge in [0.25, 0.3) is 0 Å². The number of hydrogen-bond donors (Lipinski definition) is 1. The smallest absolute Gasteiger partial charge is 0.0599 e. The zero-order valence-electron chi connectivity index (χ0n) is 12.6. The van der Waals surface area contributed by atoms with Gasteiger partial charge in [0.15, 0.2) is 0 Å². The first-order chi connectivity index (χ1) is 9.33. The van der Waals surface area contributed by atoms with Gasteiger partial charge in [-0.2, -0.15) is 0 Å². The average Bonchev–Trinajstić information content (AvgIpc) is 2.95. The van der Waals surface area contributed by atoms with Crippen molar-refractivity contribution in [2.45, 2.75) is 45.3 Å². The summed E-state index contributed by atoms with van der Waals surface area (Å²) in [5, 5.41) is 3.66. The molecular weight excluding hydrogens is 240 g/mol. The molecule has 1 N–H and O–H groups in total. The Hall–Kier alpha value is -0.160. The van der Waals surface area contributed by atoms with E-state index in [1.165, 1.54) is 38.9 Å². The molecule has 0 saturated carbocycles. The Bertz CT molecular complexity index is 236. The third-order valence-electron chi connectivity index (χ3n) is 4.39. The van der Waals surface area contributed by atoms with Crippen LogP contribution in [-0.4, -0.2) is 63.0 Å². The number of likely N-dealkylation sites (tertiary alicyclic amines) is 1. The Morgan fingerprint density at radius 1 is 1.26 bits per heavy atom. The Kier molecular flexibility index (Phi) is 6.57. The second kappa shape index (κ2) is 8.20. The topological polar surface area (TPSA) is 33.7 Å². The van der Waals surface area contributed by atoms with Crippen molar-refractivity contribution in [3.8, 4) is 0 Å². The van der Waals surface area contributed by atoms with Crippen LogP contribution in [0, 0.1) is 5.92 Å². The van der Waals surface area contributed by atoms with E-state index in [0.717, 1.165) is 26.4 Å². The van der Waals surface area contributed by atoms with E-state index < -0.39 is 0 Å². The molecule has 0 radical (unpaired) electrons. The molecule has 0 aliphatic carbocycles. The van der Waals surface area contributed by atoms with Crippen molar-refractivity contribution in [1.82, 2.24) is 10.2 Å². The molecule has 2 aliphatic rings. The maximum atomic E-state index is 5.72. The van der Waals surface area contributed by atoms with Crippen molar-refractivity contribution in [3.63, 3.8) is 0 Å². The molecule has 2 aliphatic heterocycles. The van der Waals surface area contributed by atoms with Gasteiger partial charge in [0.1, 0.15) is 0 Å². The third kappa shape index (κ3) is 4.71. The molecular formula is C15H30N2O2. The molecule has 0 aromatic carbocycles. The van der Waals surface area contributed by atoms with Crippen molar-refractivity contribution in [1.29, 1.82) is 0 Å². The highest BCUT2D eigenvalue weighted by atomic mass is 16.5. The quantitative estimate of drug-likeness (QED) is 0.760. The van der Waals surface area contributed by atoms with Gasteiger partial charge in [-0.3, -0.25) is 0 Å². The van der Waals surface area contributed by atoms with Crippen molar-refractivity contribution in [3.05, 3.63) is 0 Å². The lowest BCUT2D eigenvalue weighted by atomic mass is 9.97. The molecule has 4 nitrogen and oxygen atoms in total. The van der Waals surface area contributed by atoms with Crippen LogP contribution in [0.15, 0.2) is 0 Å². The highest BCUT2D eigenvalue weighted by molar-refractivity contribution is 4.84. The molecule has 2 rings (SSSR count). The van der Waals surface area contributed by atoms with Crippen LogP contribution in [0.2, 0.25) is 0 Å². The third-order valence-corrected chi connectivity index (χ3v) is 4.39. The van der Waals surface area contributed by atoms with Gasteiger partial charge in [0, 0.05) is 44.8 Å². The predicted molar refractivity (Wildman–Crippen MR) is 77.5 cm³/mol. The molecule has 2 atom stereocenters. The average molecular weight is 270 g/mol. The normalized spacial score (nSPS) is 27.8. The molecule has 19 heavy (non-hydrogen) atoms. The largest absolute Gasteiger partial charge is 0.381 e.